The Balaban J connectivity index is 2.45. The zero-order chi connectivity index (χ0) is 15.4. The molecule has 4 nitrogen and oxygen atoms in total. The smallest absolute Gasteiger partial charge is 0.254 e. The van der Waals surface area contributed by atoms with Crippen molar-refractivity contribution < 1.29 is 9.53 Å². The van der Waals surface area contributed by atoms with Crippen LogP contribution in [0.25, 0.3) is 11.3 Å². The lowest BCUT2D eigenvalue weighted by atomic mass is 10.1. The van der Waals surface area contributed by atoms with Gasteiger partial charge in [-0.3, -0.25) is 9.59 Å². The van der Waals surface area contributed by atoms with Crippen LogP contribution >= 0.6 is 11.6 Å². The summed E-state index contributed by atoms with van der Waals surface area (Å²) in [5.74, 6) is 0.752. The van der Waals surface area contributed by atoms with Gasteiger partial charge >= 0.3 is 0 Å². The maximum absolute atomic E-state index is 12.2. The van der Waals surface area contributed by atoms with Crippen molar-refractivity contribution >= 4 is 16.8 Å². The monoisotopic (exact) mass is 305 g/mol. The lowest BCUT2D eigenvalue weighted by Crippen LogP contribution is -2.23. The number of hydrogen-bond donors (Lipinski definition) is 0. The molecule has 2 rings (SSSR count). The number of rotatable bonds is 5. The maximum Gasteiger partial charge on any atom is 0.254 e. The first-order valence-electron chi connectivity index (χ1n) is 6.63. The van der Waals surface area contributed by atoms with E-state index in [0.29, 0.717) is 12.2 Å². The van der Waals surface area contributed by atoms with Crippen LogP contribution in [-0.4, -0.2) is 16.4 Å². The van der Waals surface area contributed by atoms with Crippen LogP contribution in [0, 0.1) is 0 Å². The van der Waals surface area contributed by atoms with E-state index >= 15 is 0 Å². The zero-order valence-electron chi connectivity index (χ0n) is 11.9. The number of pyridine rings is 1. The van der Waals surface area contributed by atoms with E-state index in [9.17, 15) is 9.59 Å². The second kappa shape index (κ2) is 6.59. The van der Waals surface area contributed by atoms with Gasteiger partial charge in [0, 0.05) is 18.2 Å². The first-order chi connectivity index (χ1) is 10.0. The van der Waals surface area contributed by atoms with Crippen LogP contribution in [-0.2, 0) is 18.3 Å². The van der Waals surface area contributed by atoms with Gasteiger partial charge in [0.2, 0.25) is 5.24 Å². The van der Waals surface area contributed by atoms with E-state index in [1.807, 2.05) is 37.3 Å². The molecule has 1 aromatic carbocycles. The third-order valence-corrected chi connectivity index (χ3v) is 3.29. The molecule has 0 spiro atoms. The number of halogens is 1. The van der Waals surface area contributed by atoms with Gasteiger partial charge in [0.15, 0.2) is 0 Å². The van der Waals surface area contributed by atoms with Crippen molar-refractivity contribution in [2.24, 2.45) is 7.05 Å². The summed E-state index contributed by atoms with van der Waals surface area (Å²) in [5, 5.41) is -0.543. The normalized spacial score (nSPS) is 10.4. The van der Waals surface area contributed by atoms with Gasteiger partial charge in [0.25, 0.3) is 5.56 Å². The molecule has 0 fully saturated rings. The summed E-state index contributed by atoms with van der Waals surface area (Å²) >= 11 is 5.35. The highest BCUT2D eigenvalue weighted by atomic mass is 35.5. The van der Waals surface area contributed by atoms with E-state index in [0.717, 1.165) is 17.0 Å². The number of hydrogen-bond acceptors (Lipinski definition) is 3. The molecule has 0 aliphatic carbocycles. The number of carbonyl (C=O) groups is 1. The molecule has 0 saturated carbocycles. The Morgan fingerprint density at radius 3 is 2.71 bits per heavy atom. The van der Waals surface area contributed by atoms with Gasteiger partial charge in [0.05, 0.1) is 18.7 Å². The van der Waals surface area contributed by atoms with Gasteiger partial charge < -0.3 is 9.30 Å². The summed E-state index contributed by atoms with van der Waals surface area (Å²) in [4.78, 5) is 23.2. The van der Waals surface area contributed by atoms with Crippen LogP contribution in [0.1, 0.15) is 12.5 Å². The first-order valence-corrected chi connectivity index (χ1v) is 7.01. The molecular formula is C16H16ClNO3. The summed E-state index contributed by atoms with van der Waals surface area (Å²) in [6.45, 7) is 2.50. The van der Waals surface area contributed by atoms with E-state index in [2.05, 4.69) is 0 Å². The highest BCUT2D eigenvalue weighted by molar-refractivity contribution is 6.63. The molecular weight excluding hydrogens is 290 g/mol. The third kappa shape index (κ3) is 3.52. The van der Waals surface area contributed by atoms with E-state index < -0.39 is 5.24 Å². The first kappa shape index (κ1) is 15.3. The number of carbonyl (C=O) groups excluding carboxylic acids is 1. The molecule has 0 unspecified atom stereocenters. The highest BCUT2D eigenvalue weighted by Gasteiger charge is 2.10. The van der Waals surface area contributed by atoms with E-state index in [4.69, 9.17) is 16.3 Å². The fourth-order valence-corrected chi connectivity index (χ4v) is 2.32. The van der Waals surface area contributed by atoms with Crippen molar-refractivity contribution in [3.8, 4) is 17.0 Å². The summed E-state index contributed by atoms with van der Waals surface area (Å²) in [6.07, 6.45) is -0.0620. The van der Waals surface area contributed by atoms with Gasteiger partial charge in [-0.1, -0.05) is 18.2 Å². The molecule has 0 amide bonds. The predicted octanol–water partition coefficient (Wildman–Crippen LogP) is 2.76. The van der Waals surface area contributed by atoms with Gasteiger partial charge in [0.1, 0.15) is 5.75 Å². The molecule has 21 heavy (non-hydrogen) atoms. The summed E-state index contributed by atoms with van der Waals surface area (Å²) < 4.78 is 6.98. The standard InChI is InChI=1S/C16H16ClNO3/c1-3-21-13-6-4-5-11(9-13)14-8-7-12(10-15(17)19)16(20)18(14)2/h4-9H,3,10H2,1-2H3. The minimum absolute atomic E-state index is 0.0620. The fraction of sp³-hybridized carbons (Fsp3) is 0.250. The van der Waals surface area contributed by atoms with Crippen molar-refractivity contribution in [2.75, 3.05) is 6.61 Å². The van der Waals surface area contributed by atoms with E-state index in [1.54, 1.807) is 13.1 Å². The molecule has 0 bridgehead atoms. The molecule has 0 radical (unpaired) electrons. The van der Waals surface area contributed by atoms with Gasteiger partial charge in [-0.05, 0) is 36.7 Å². The Morgan fingerprint density at radius 1 is 1.29 bits per heavy atom. The van der Waals surface area contributed by atoms with Gasteiger partial charge in [-0.2, -0.15) is 0 Å². The zero-order valence-corrected chi connectivity index (χ0v) is 12.7. The highest BCUT2D eigenvalue weighted by Crippen LogP contribution is 2.23. The van der Waals surface area contributed by atoms with Gasteiger partial charge in [-0.15, -0.1) is 0 Å². The summed E-state index contributed by atoms with van der Waals surface area (Å²) in [6, 6.07) is 11.0. The Morgan fingerprint density at radius 2 is 2.05 bits per heavy atom. The molecule has 0 N–H and O–H groups in total. The van der Waals surface area contributed by atoms with Gasteiger partial charge in [-0.25, -0.2) is 0 Å². The average Bonchev–Trinajstić information content (AvgIpc) is 2.44. The number of ether oxygens (including phenoxy) is 1. The van der Waals surface area contributed by atoms with Crippen molar-refractivity contribution in [2.45, 2.75) is 13.3 Å². The van der Waals surface area contributed by atoms with Crippen LogP contribution in [0.4, 0.5) is 0 Å². The van der Waals surface area contributed by atoms with Crippen molar-refractivity contribution in [3.63, 3.8) is 0 Å². The van der Waals surface area contributed by atoms with Crippen LogP contribution in [0.15, 0.2) is 41.2 Å². The number of benzene rings is 1. The number of nitrogens with zero attached hydrogens (tertiary/aromatic N) is 1. The Hall–Kier alpha value is -2.07. The van der Waals surface area contributed by atoms with Crippen LogP contribution in [0.2, 0.25) is 0 Å². The van der Waals surface area contributed by atoms with Crippen LogP contribution < -0.4 is 10.3 Å². The Bertz CT molecular complexity index is 722. The number of aromatic nitrogens is 1. The average molecular weight is 306 g/mol. The van der Waals surface area contributed by atoms with Crippen molar-refractivity contribution in [1.82, 2.24) is 4.57 Å². The molecule has 0 aliphatic heterocycles. The summed E-state index contributed by atoms with van der Waals surface area (Å²) in [7, 11) is 1.67. The molecule has 1 heterocycles. The fourth-order valence-electron chi connectivity index (χ4n) is 2.17. The molecule has 0 saturated heterocycles. The quantitative estimate of drug-likeness (QED) is 0.798. The maximum atomic E-state index is 12.2. The molecule has 1 aromatic heterocycles. The molecule has 2 aromatic rings. The van der Waals surface area contributed by atoms with Crippen molar-refractivity contribution in [1.29, 1.82) is 0 Å². The summed E-state index contributed by atoms with van der Waals surface area (Å²) in [5.41, 5.74) is 1.81. The Kier molecular flexibility index (Phi) is 4.81. The second-order valence-corrected chi connectivity index (χ2v) is 5.02. The molecule has 110 valence electrons. The minimum atomic E-state index is -0.543. The molecule has 0 atom stereocenters. The Labute approximate surface area is 127 Å². The van der Waals surface area contributed by atoms with Crippen LogP contribution in [0.3, 0.4) is 0 Å². The molecule has 5 heteroatoms. The predicted molar refractivity (Wildman–Crippen MR) is 82.9 cm³/mol. The third-order valence-electron chi connectivity index (χ3n) is 3.15. The largest absolute Gasteiger partial charge is 0.494 e. The minimum Gasteiger partial charge on any atom is -0.494 e. The lowest BCUT2D eigenvalue weighted by molar-refractivity contribution is -0.111. The van der Waals surface area contributed by atoms with E-state index in [1.165, 1.54) is 4.57 Å². The van der Waals surface area contributed by atoms with Crippen molar-refractivity contribution in [3.05, 3.63) is 52.3 Å². The molecule has 0 aliphatic rings. The SMILES string of the molecule is CCOc1cccc(-c2ccc(CC(=O)Cl)c(=O)n2C)c1. The second-order valence-electron chi connectivity index (χ2n) is 4.60. The lowest BCUT2D eigenvalue weighted by Gasteiger charge is -2.11. The van der Waals surface area contributed by atoms with E-state index in [-0.39, 0.29) is 12.0 Å². The topological polar surface area (TPSA) is 48.3 Å². The van der Waals surface area contributed by atoms with Crippen LogP contribution in [0.5, 0.6) is 5.75 Å².